The number of nitrogens with zero attached hydrogens (tertiary/aromatic N) is 1. The quantitative estimate of drug-likeness (QED) is 0.877. The van der Waals surface area contributed by atoms with Gasteiger partial charge in [0.15, 0.2) is 5.69 Å². The number of hydrogen-bond acceptors (Lipinski definition) is 3. The van der Waals surface area contributed by atoms with Gasteiger partial charge in [-0.3, -0.25) is 9.89 Å². The molecule has 0 spiro atoms. The maximum atomic E-state index is 12.4. The van der Waals surface area contributed by atoms with E-state index in [0.717, 1.165) is 43.4 Å². The number of methoxy groups -OCH3 is 1. The first-order chi connectivity index (χ1) is 9.76. The van der Waals surface area contributed by atoms with Crippen molar-refractivity contribution in [2.45, 2.75) is 50.7 Å². The third-order valence-electron chi connectivity index (χ3n) is 5.43. The second-order valence-corrected chi connectivity index (χ2v) is 6.46. The Bertz CT molecular complexity index is 539. The third kappa shape index (κ3) is 1.79. The molecule has 5 heteroatoms. The van der Waals surface area contributed by atoms with E-state index in [1.807, 2.05) is 0 Å². The molecule has 1 aromatic heterocycles. The SMILES string of the molecule is COC1CC2CC1CC2NC(=O)c1n[nH]c2c1CCC2. The Labute approximate surface area is 118 Å². The lowest BCUT2D eigenvalue weighted by atomic mass is 9.93. The number of hydrogen-bond donors (Lipinski definition) is 2. The fraction of sp³-hybridized carbons (Fsp3) is 0.733. The molecule has 1 aromatic rings. The molecule has 20 heavy (non-hydrogen) atoms. The molecule has 0 aliphatic heterocycles. The van der Waals surface area contributed by atoms with Crippen LogP contribution in [0.1, 0.15) is 47.4 Å². The van der Waals surface area contributed by atoms with Crippen LogP contribution in [0.25, 0.3) is 0 Å². The summed E-state index contributed by atoms with van der Waals surface area (Å²) in [6, 6.07) is 0.313. The Morgan fingerprint density at radius 3 is 2.95 bits per heavy atom. The summed E-state index contributed by atoms with van der Waals surface area (Å²) in [7, 11) is 1.80. The average Bonchev–Trinajstić information content (AvgIpc) is 3.17. The number of nitrogens with one attached hydrogen (secondary N) is 2. The molecule has 4 unspecified atom stereocenters. The van der Waals surface area contributed by atoms with Crippen molar-refractivity contribution in [3.05, 3.63) is 17.0 Å². The van der Waals surface area contributed by atoms with Crippen molar-refractivity contribution in [2.24, 2.45) is 11.8 Å². The largest absolute Gasteiger partial charge is 0.381 e. The van der Waals surface area contributed by atoms with Gasteiger partial charge in [-0.2, -0.15) is 5.10 Å². The van der Waals surface area contributed by atoms with Gasteiger partial charge in [-0.25, -0.2) is 0 Å². The number of ether oxygens (including phenoxy) is 1. The summed E-state index contributed by atoms with van der Waals surface area (Å²) in [4.78, 5) is 12.4. The summed E-state index contributed by atoms with van der Waals surface area (Å²) >= 11 is 0. The monoisotopic (exact) mass is 275 g/mol. The van der Waals surface area contributed by atoms with Crippen LogP contribution >= 0.6 is 0 Å². The van der Waals surface area contributed by atoms with E-state index in [0.29, 0.717) is 29.7 Å². The number of H-pyrrole nitrogens is 1. The second kappa shape index (κ2) is 4.58. The van der Waals surface area contributed by atoms with Gasteiger partial charge < -0.3 is 10.1 Å². The molecule has 1 heterocycles. The predicted octanol–water partition coefficient (Wildman–Crippen LogP) is 1.44. The minimum Gasteiger partial charge on any atom is -0.381 e. The second-order valence-electron chi connectivity index (χ2n) is 6.46. The summed E-state index contributed by atoms with van der Waals surface area (Å²) in [6.07, 6.45) is 6.89. The Morgan fingerprint density at radius 1 is 1.30 bits per heavy atom. The van der Waals surface area contributed by atoms with Gasteiger partial charge in [-0.15, -0.1) is 0 Å². The summed E-state index contributed by atoms with van der Waals surface area (Å²) in [5.41, 5.74) is 2.92. The Balaban J connectivity index is 1.44. The lowest BCUT2D eigenvalue weighted by molar-refractivity contribution is 0.0488. The van der Waals surface area contributed by atoms with Crippen LogP contribution in [-0.2, 0) is 17.6 Å². The molecule has 0 saturated heterocycles. The van der Waals surface area contributed by atoms with Gasteiger partial charge in [0, 0.05) is 24.4 Å². The van der Waals surface area contributed by atoms with Crippen molar-refractivity contribution >= 4 is 5.91 Å². The molecule has 2 N–H and O–H groups in total. The van der Waals surface area contributed by atoms with Gasteiger partial charge in [0.2, 0.25) is 0 Å². The molecule has 3 aliphatic rings. The van der Waals surface area contributed by atoms with E-state index in [2.05, 4.69) is 15.5 Å². The van der Waals surface area contributed by atoms with E-state index in [9.17, 15) is 4.79 Å². The normalized spacial score (nSPS) is 34.5. The molecule has 1 amide bonds. The highest BCUT2D eigenvalue weighted by Gasteiger charge is 2.46. The summed E-state index contributed by atoms with van der Waals surface area (Å²) in [6.45, 7) is 0. The first-order valence-electron chi connectivity index (χ1n) is 7.66. The van der Waals surface area contributed by atoms with Gasteiger partial charge in [0.1, 0.15) is 0 Å². The lowest BCUT2D eigenvalue weighted by Gasteiger charge is -2.27. The van der Waals surface area contributed by atoms with Crippen LogP contribution in [0.4, 0.5) is 0 Å². The number of rotatable bonds is 3. The van der Waals surface area contributed by atoms with Crippen LogP contribution in [-0.4, -0.2) is 35.4 Å². The zero-order valence-corrected chi connectivity index (χ0v) is 11.8. The number of aromatic amines is 1. The summed E-state index contributed by atoms with van der Waals surface area (Å²) in [5.74, 6) is 1.22. The highest BCUT2D eigenvalue weighted by Crippen LogP contribution is 2.46. The zero-order chi connectivity index (χ0) is 13.7. The van der Waals surface area contributed by atoms with Crippen LogP contribution in [0.3, 0.4) is 0 Å². The van der Waals surface area contributed by atoms with Crippen LogP contribution in [0.5, 0.6) is 0 Å². The molecule has 0 radical (unpaired) electrons. The fourth-order valence-corrected chi connectivity index (χ4v) is 4.43. The first-order valence-corrected chi connectivity index (χ1v) is 7.66. The van der Waals surface area contributed by atoms with Gasteiger partial charge >= 0.3 is 0 Å². The van der Waals surface area contributed by atoms with Crippen molar-refractivity contribution < 1.29 is 9.53 Å². The molecule has 4 rings (SSSR count). The fourth-order valence-electron chi connectivity index (χ4n) is 4.43. The minimum absolute atomic E-state index is 0.0101. The predicted molar refractivity (Wildman–Crippen MR) is 73.5 cm³/mol. The molecule has 0 aromatic carbocycles. The van der Waals surface area contributed by atoms with Crippen molar-refractivity contribution in [3.63, 3.8) is 0 Å². The smallest absolute Gasteiger partial charge is 0.272 e. The van der Waals surface area contributed by atoms with Gasteiger partial charge in [-0.05, 0) is 50.4 Å². The molecule has 4 atom stereocenters. The number of carbonyl (C=O) groups is 1. The Hall–Kier alpha value is -1.36. The molecular formula is C15H21N3O2. The number of carbonyl (C=O) groups excluding carboxylic acids is 1. The van der Waals surface area contributed by atoms with E-state index >= 15 is 0 Å². The minimum atomic E-state index is 0.0101. The van der Waals surface area contributed by atoms with E-state index < -0.39 is 0 Å². The van der Waals surface area contributed by atoms with E-state index in [-0.39, 0.29) is 5.91 Å². The molecule has 108 valence electrons. The first kappa shape index (κ1) is 12.4. The van der Waals surface area contributed by atoms with Gasteiger partial charge in [0.25, 0.3) is 5.91 Å². The van der Waals surface area contributed by atoms with Crippen molar-refractivity contribution in [1.82, 2.24) is 15.5 Å². The number of aromatic nitrogens is 2. The number of fused-ring (bicyclic) bond motifs is 3. The lowest BCUT2D eigenvalue weighted by Crippen LogP contribution is -2.41. The van der Waals surface area contributed by atoms with E-state index in [1.54, 1.807) is 7.11 Å². The van der Waals surface area contributed by atoms with Crippen LogP contribution in [0, 0.1) is 11.8 Å². The molecule has 2 fully saturated rings. The standard InChI is InChI=1S/C15H21N3O2/c1-20-13-7-8-5-9(13)6-12(8)16-15(19)14-10-3-2-4-11(10)17-18-14/h8-9,12-13H,2-7H2,1H3,(H,16,19)(H,17,18). The van der Waals surface area contributed by atoms with E-state index in [1.165, 1.54) is 6.42 Å². The highest BCUT2D eigenvalue weighted by molar-refractivity contribution is 5.94. The third-order valence-corrected chi connectivity index (χ3v) is 5.43. The topological polar surface area (TPSA) is 67.0 Å². The van der Waals surface area contributed by atoms with Gasteiger partial charge in [-0.1, -0.05) is 0 Å². The summed E-state index contributed by atoms with van der Waals surface area (Å²) < 4.78 is 5.50. The van der Waals surface area contributed by atoms with Gasteiger partial charge in [0.05, 0.1) is 6.10 Å². The maximum Gasteiger partial charge on any atom is 0.272 e. The van der Waals surface area contributed by atoms with Crippen molar-refractivity contribution in [2.75, 3.05) is 7.11 Å². The molecular weight excluding hydrogens is 254 g/mol. The molecule has 5 nitrogen and oxygen atoms in total. The molecule has 3 aliphatic carbocycles. The van der Waals surface area contributed by atoms with Crippen molar-refractivity contribution in [3.8, 4) is 0 Å². The van der Waals surface area contributed by atoms with Crippen LogP contribution in [0.2, 0.25) is 0 Å². The highest BCUT2D eigenvalue weighted by atomic mass is 16.5. The van der Waals surface area contributed by atoms with E-state index in [4.69, 9.17) is 4.74 Å². The number of amides is 1. The number of aryl methyl sites for hydroxylation is 1. The van der Waals surface area contributed by atoms with Crippen molar-refractivity contribution in [1.29, 1.82) is 0 Å². The molecule has 2 bridgehead atoms. The molecule has 2 saturated carbocycles. The zero-order valence-electron chi connectivity index (χ0n) is 11.8. The average molecular weight is 275 g/mol. The van der Waals surface area contributed by atoms with Crippen LogP contribution < -0.4 is 5.32 Å². The van der Waals surface area contributed by atoms with Crippen LogP contribution in [0.15, 0.2) is 0 Å². The Morgan fingerprint density at radius 2 is 2.20 bits per heavy atom. The summed E-state index contributed by atoms with van der Waals surface area (Å²) in [5, 5.41) is 10.4. The maximum absolute atomic E-state index is 12.4. The Kier molecular flexibility index (Phi) is 2.84.